The average molecular weight is 234 g/mol. The van der Waals surface area contributed by atoms with Gasteiger partial charge in [0.05, 0.1) is 19.0 Å². The highest BCUT2D eigenvalue weighted by molar-refractivity contribution is 5.87. The smallest absolute Gasteiger partial charge is 0.356 e. The predicted molar refractivity (Wildman–Crippen MR) is 59.0 cm³/mol. The summed E-state index contributed by atoms with van der Waals surface area (Å²) in [4.78, 5) is 20.0. The second kappa shape index (κ2) is 4.47. The number of rotatable bonds is 3. The molecule has 0 radical (unpaired) electrons. The van der Waals surface area contributed by atoms with E-state index in [1.54, 1.807) is 6.07 Å². The van der Waals surface area contributed by atoms with Gasteiger partial charge < -0.3 is 15.9 Å². The number of hydrogen-bond acceptors (Lipinski definition) is 7. The number of aromatic nitrogens is 4. The largest absolute Gasteiger partial charge is 0.464 e. The molecular formula is C9H10N6O2. The number of nitrogens with two attached hydrogens (primary N) is 1. The Morgan fingerprint density at radius 2 is 2.29 bits per heavy atom. The van der Waals surface area contributed by atoms with Crippen molar-refractivity contribution in [1.82, 2.24) is 19.9 Å². The molecule has 0 spiro atoms. The number of nitrogen functional groups attached to an aromatic ring is 1. The SMILES string of the molecule is COC(=O)c1ccc(Nc2ncn(N)n2)cn1. The van der Waals surface area contributed by atoms with Crippen LogP contribution in [0.3, 0.4) is 0 Å². The molecule has 0 saturated heterocycles. The maximum atomic E-state index is 11.1. The normalized spacial score (nSPS) is 9.94. The van der Waals surface area contributed by atoms with Crippen LogP contribution in [0.25, 0.3) is 0 Å². The number of pyridine rings is 1. The first-order valence-electron chi connectivity index (χ1n) is 4.67. The van der Waals surface area contributed by atoms with Gasteiger partial charge in [-0.05, 0) is 12.1 Å². The molecule has 0 aliphatic heterocycles. The summed E-state index contributed by atoms with van der Waals surface area (Å²) in [6.45, 7) is 0. The molecule has 17 heavy (non-hydrogen) atoms. The molecule has 0 fully saturated rings. The molecule has 0 aliphatic carbocycles. The zero-order valence-corrected chi connectivity index (χ0v) is 8.99. The van der Waals surface area contributed by atoms with E-state index in [1.165, 1.54) is 25.7 Å². The van der Waals surface area contributed by atoms with Crippen LogP contribution in [-0.4, -0.2) is 32.9 Å². The Bertz CT molecular complexity index is 521. The maximum absolute atomic E-state index is 11.1. The molecule has 2 heterocycles. The van der Waals surface area contributed by atoms with Gasteiger partial charge >= 0.3 is 5.97 Å². The van der Waals surface area contributed by atoms with Crippen LogP contribution in [0.5, 0.6) is 0 Å². The number of nitrogens with zero attached hydrogens (tertiary/aromatic N) is 4. The molecule has 0 saturated carbocycles. The third kappa shape index (κ3) is 2.48. The number of methoxy groups -OCH3 is 1. The van der Waals surface area contributed by atoms with Crippen molar-refractivity contribution in [2.24, 2.45) is 0 Å². The second-order valence-corrected chi connectivity index (χ2v) is 3.10. The molecule has 0 atom stereocenters. The summed E-state index contributed by atoms with van der Waals surface area (Å²) in [6.07, 6.45) is 2.84. The molecular weight excluding hydrogens is 224 g/mol. The van der Waals surface area contributed by atoms with Gasteiger partial charge in [0.2, 0.25) is 5.95 Å². The Morgan fingerprint density at radius 3 is 2.82 bits per heavy atom. The lowest BCUT2D eigenvalue weighted by Crippen LogP contribution is -2.08. The maximum Gasteiger partial charge on any atom is 0.356 e. The van der Waals surface area contributed by atoms with Crippen LogP contribution in [0.1, 0.15) is 10.5 Å². The number of nitrogens with one attached hydrogen (secondary N) is 1. The van der Waals surface area contributed by atoms with Crippen LogP contribution in [0, 0.1) is 0 Å². The van der Waals surface area contributed by atoms with Crippen molar-refractivity contribution in [3.05, 3.63) is 30.4 Å². The zero-order valence-electron chi connectivity index (χ0n) is 8.99. The predicted octanol–water partition coefficient (Wildman–Crippen LogP) is -0.0829. The first-order valence-corrected chi connectivity index (χ1v) is 4.67. The fourth-order valence-electron chi connectivity index (χ4n) is 1.15. The highest BCUT2D eigenvalue weighted by atomic mass is 16.5. The van der Waals surface area contributed by atoms with Crippen LogP contribution in [0.4, 0.5) is 11.6 Å². The fraction of sp³-hybridized carbons (Fsp3) is 0.111. The van der Waals surface area contributed by atoms with Gasteiger partial charge in [-0.15, -0.1) is 5.10 Å². The summed E-state index contributed by atoms with van der Waals surface area (Å²) < 4.78 is 4.53. The lowest BCUT2D eigenvalue weighted by molar-refractivity contribution is 0.0594. The van der Waals surface area contributed by atoms with Gasteiger partial charge in [0.25, 0.3) is 0 Å². The van der Waals surface area contributed by atoms with Gasteiger partial charge in [0.15, 0.2) is 0 Å². The Hall–Kier alpha value is -2.64. The van der Waals surface area contributed by atoms with Crippen molar-refractivity contribution in [2.45, 2.75) is 0 Å². The minimum absolute atomic E-state index is 0.232. The minimum Gasteiger partial charge on any atom is -0.464 e. The van der Waals surface area contributed by atoms with Gasteiger partial charge in [0, 0.05) is 0 Å². The van der Waals surface area contributed by atoms with Gasteiger partial charge in [-0.25, -0.2) is 9.78 Å². The van der Waals surface area contributed by atoms with E-state index in [-0.39, 0.29) is 5.69 Å². The molecule has 2 rings (SSSR count). The molecule has 3 N–H and O–H groups in total. The summed E-state index contributed by atoms with van der Waals surface area (Å²) in [5, 5.41) is 6.70. The van der Waals surface area contributed by atoms with Gasteiger partial charge in [0.1, 0.15) is 12.0 Å². The van der Waals surface area contributed by atoms with Crippen molar-refractivity contribution in [3.8, 4) is 0 Å². The quantitative estimate of drug-likeness (QED) is 0.564. The van der Waals surface area contributed by atoms with Crippen LogP contribution < -0.4 is 11.2 Å². The molecule has 2 aromatic rings. The van der Waals surface area contributed by atoms with Crippen LogP contribution in [-0.2, 0) is 4.74 Å². The summed E-state index contributed by atoms with van der Waals surface area (Å²) in [6, 6.07) is 3.20. The standard InChI is InChI=1S/C9H10N6O2/c1-17-8(16)7-3-2-6(4-11-7)13-9-12-5-15(10)14-9/h2-5H,10H2,1H3,(H,13,14). The molecule has 0 amide bonds. The summed E-state index contributed by atoms with van der Waals surface area (Å²) >= 11 is 0. The first kappa shape index (κ1) is 10.9. The average Bonchev–Trinajstić information content (AvgIpc) is 2.75. The Kier molecular flexibility index (Phi) is 2.86. The highest BCUT2D eigenvalue weighted by Crippen LogP contribution is 2.11. The molecule has 8 nitrogen and oxygen atoms in total. The molecule has 0 bridgehead atoms. The third-order valence-corrected chi connectivity index (χ3v) is 1.92. The van der Waals surface area contributed by atoms with E-state index in [4.69, 9.17) is 5.84 Å². The van der Waals surface area contributed by atoms with E-state index >= 15 is 0 Å². The van der Waals surface area contributed by atoms with E-state index in [9.17, 15) is 4.79 Å². The Balaban J connectivity index is 2.10. The van der Waals surface area contributed by atoms with Crippen molar-refractivity contribution in [3.63, 3.8) is 0 Å². The van der Waals surface area contributed by atoms with E-state index in [0.29, 0.717) is 11.6 Å². The second-order valence-electron chi connectivity index (χ2n) is 3.10. The number of anilines is 2. The molecule has 8 heteroatoms. The monoisotopic (exact) mass is 234 g/mol. The lowest BCUT2D eigenvalue weighted by Gasteiger charge is -2.02. The van der Waals surface area contributed by atoms with Crippen molar-refractivity contribution in [2.75, 3.05) is 18.3 Å². The van der Waals surface area contributed by atoms with E-state index < -0.39 is 5.97 Å². The fourth-order valence-corrected chi connectivity index (χ4v) is 1.15. The first-order chi connectivity index (χ1) is 8.19. The van der Waals surface area contributed by atoms with E-state index in [2.05, 4.69) is 25.1 Å². The third-order valence-electron chi connectivity index (χ3n) is 1.92. The van der Waals surface area contributed by atoms with Crippen molar-refractivity contribution in [1.29, 1.82) is 0 Å². The number of ether oxygens (including phenoxy) is 1. The van der Waals surface area contributed by atoms with Crippen LogP contribution in [0.15, 0.2) is 24.7 Å². The van der Waals surface area contributed by atoms with Crippen LogP contribution >= 0.6 is 0 Å². The topological polar surface area (TPSA) is 108 Å². The van der Waals surface area contributed by atoms with Crippen LogP contribution in [0.2, 0.25) is 0 Å². The highest BCUT2D eigenvalue weighted by Gasteiger charge is 2.06. The van der Waals surface area contributed by atoms with Crippen molar-refractivity contribution >= 4 is 17.6 Å². The van der Waals surface area contributed by atoms with E-state index in [1.807, 2.05) is 0 Å². The molecule has 2 aromatic heterocycles. The number of esters is 1. The Morgan fingerprint density at radius 1 is 1.47 bits per heavy atom. The van der Waals surface area contributed by atoms with E-state index in [0.717, 1.165) is 4.79 Å². The zero-order chi connectivity index (χ0) is 12.3. The van der Waals surface area contributed by atoms with Gasteiger partial charge in [-0.1, -0.05) is 0 Å². The summed E-state index contributed by atoms with van der Waals surface area (Å²) in [7, 11) is 1.30. The molecule has 0 aromatic carbocycles. The lowest BCUT2D eigenvalue weighted by atomic mass is 10.3. The minimum atomic E-state index is -0.485. The summed E-state index contributed by atoms with van der Waals surface area (Å²) in [5.74, 6) is 5.20. The van der Waals surface area contributed by atoms with Gasteiger partial charge in [-0.3, -0.25) is 0 Å². The molecule has 0 aliphatic rings. The van der Waals surface area contributed by atoms with Gasteiger partial charge in [-0.2, -0.15) is 9.77 Å². The number of carbonyl (C=O) groups excluding carboxylic acids is 1. The summed E-state index contributed by atoms with van der Waals surface area (Å²) in [5.41, 5.74) is 0.874. The Labute approximate surface area is 96.4 Å². The molecule has 0 unspecified atom stereocenters. The number of carbonyl (C=O) groups is 1. The molecule has 88 valence electrons. The van der Waals surface area contributed by atoms with Crippen molar-refractivity contribution < 1.29 is 9.53 Å². The number of hydrogen-bond donors (Lipinski definition) is 2.